The van der Waals surface area contributed by atoms with Gasteiger partial charge in [0, 0.05) is 17.7 Å². The first-order valence-corrected chi connectivity index (χ1v) is 10.8. The molecule has 0 spiro atoms. The van der Waals surface area contributed by atoms with Crippen LogP contribution in [0.4, 0.5) is 0 Å². The van der Waals surface area contributed by atoms with Gasteiger partial charge in [0.2, 0.25) is 0 Å². The second-order valence-corrected chi connectivity index (χ2v) is 8.65. The normalized spacial score (nSPS) is 15.5. The Morgan fingerprint density at radius 1 is 1.19 bits per heavy atom. The van der Waals surface area contributed by atoms with Crippen LogP contribution >= 0.6 is 15.9 Å². The summed E-state index contributed by atoms with van der Waals surface area (Å²) < 4.78 is 5.81. The molecule has 162 valence electrons. The molecule has 0 radical (unpaired) electrons. The first kappa shape index (κ1) is 21.2. The van der Waals surface area contributed by atoms with Crippen LogP contribution in [0.2, 0.25) is 0 Å². The van der Waals surface area contributed by atoms with Crippen molar-refractivity contribution in [3.63, 3.8) is 0 Å². The quantitative estimate of drug-likeness (QED) is 0.480. The number of nitrogens with one attached hydrogen (secondary N) is 1. The largest absolute Gasteiger partial charge is 0.507 e. The zero-order valence-corrected chi connectivity index (χ0v) is 19.4. The molecule has 0 saturated heterocycles. The number of phenolic OH excluding ortho intramolecular Hbond substituents is 2. The summed E-state index contributed by atoms with van der Waals surface area (Å²) in [6.07, 6.45) is 0.778. The summed E-state index contributed by atoms with van der Waals surface area (Å²) in [5, 5.41) is 28.4. The zero-order chi connectivity index (χ0) is 22.4. The molecule has 0 bridgehead atoms. The van der Waals surface area contributed by atoms with Crippen molar-refractivity contribution >= 4 is 21.8 Å². The van der Waals surface area contributed by atoms with E-state index in [0.717, 1.165) is 23.1 Å². The maximum Gasteiger partial charge on any atom is 0.273 e. The molecule has 1 unspecified atom stereocenters. The van der Waals surface area contributed by atoms with E-state index in [1.807, 2.05) is 32.9 Å². The number of aromatic hydroxyl groups is 2. The smallest absolute Gasteiger partial charge is 0.273 e. The van der Waals surface area contributed by atoms with Gasteiger partial charge >= 0.3 is 0 Å². The summed E-state index contributed by atoms with van der Waals surface area (Å²) in [6, 6.07) is 6.84. The first-order valence-electron chi connectivity index (χ1n) is 10.0. The predicted octanol–water partition coefficient (Wildman–Crippen LogP) is 4.83. The molecule has 1 amide bonds. The van der Waals surface area contributed by atoms with Gasteiger partial charge in [0.15, 0.2) is 11.5 Å². The maximum absolute atomic E-state index is 13.2. The topological polar surface area (TPSA) is 98.7 Å². The lowest BCUT2D eigenvalue weighted by Crippen LogP contribution is -2.30. The number of halogens is 1. The lowest BCUT2D eigenvalue weighted by atomic mass is 9.94. The molecule has 0 saturated carbocycles. The van der Waals surface area contributed by atoms with Crippen molar-refractivity contribution < 1.29 is 19.7 Å². The van der Waals surface area contributed by atoms with E-state index in [9.17, 15) is 15.0 Å². The number of phenols is 2. The minimum atomic E-state index is -0.442. The number of hydrogen-bond donors (Lipinski definition) is 3. The SMILES string of the molecule is CCCN1C(=O)c2[nH]nc(-c3cc(C)cc(C)c3O)c2C1c1cc(Br)c(O)c(OC)c1. The Kier molecular flexibility index (Phi) is 5.43. The fourth-order valence-electron chi connectivity index (χ4n) is 4.27. The highest BCUT2D eigenvalue weighted by molar-refractivity contribution is 9.10. The van der Waals surface area contributed by atoms with Gasteiger partial charge in [0.25, 0.3) is 5.91 Å². The number of fused-ring (bicyclic) bond motifs is 1. The molecule has 1 aromatic heterocycles. The minimum absolute atomic E-state index is 0.00258. The zero-order valence-electron chi connectivity index (χ0n) is 17.8. The number of hydrogen-bond acceptors (Lipinski definition) is 5. The molecule has 31 heavy (non-hydrogen) atoms. The molecule has 4 rings (SSSR count). The Morgan fingerprint density at radius 2 is 1.94 bits per heavy atom. The van der Waals surface area contributed by atoms with E-state index in [1.54, 1.807) is 17.0 Å². The summed E-state index contributed by atoms with van der Waals surface area (Å²) in [4.78, 5) is 15.0. The van der Waals surface area contributed by atoms with Crippen molar-refractivity contribution in [1.29, 1.82) is 0 Å². The molecule has 0 aliphatic carbocycles. The van der Waals surface area contributed by atoms with Crippen LogP contribution in [-0.4, -0.2) is 44.9 Å². The minimum Gasteiger partial charge on any atom is -0.507 e. The number of carbonyl (C=O) groups excluding carboxylic acids is 1. The fourth-order valence-corrected chi connectivity index (χ4v) is 4.73. The van der Waals surface area contributed by atoms with Crippen LogP contribution in [0.3, 0.4) is 0 Å². The van der Waals surface area contributed by atoms with Gasteiger partial charge in [0.1, 0.15) is 17.1 Å². The van der Waals surface area contributed by atoms with Crippen molar-refractivity contribution in [3.05, 3.63) is 56.7 Å². The maximum atomic E-state index is 13.2. The van der Waals surface area contributed by atoms with Gasteiger partial charge in [-0.3, -0.25) is 9.89 Å². The van der Waals surface area contributed by atoms with Crippen LogP contribution in [-0.2, 0) is 0 Å². The van der Waals surface area contributed by atoms with Crippen molar-refractivity contribution in [2.75, 3.05) is 13.7 Å². The van der Waals surface area contributed by atoms with Crippen LogP contribution in [0.25, 0.3) is 11.3 Å². The summed E-state index contributed by atoms with van der Waals surface area (Å²) in [7, 11) is 1.48. The first-order chi connectivity index (χ1) is 14.8. The van der Waals surface area contributed by atoms with E-state index in [4.69, 9.17) is 4.74 Å². The van der Waals surface area contributed by atoms with Gasteiger partial charge in [-0.2, -0.15) is 5.10 Å². The Labute approximate surface area is 188 Å². The third-order valence-electron chi connectivity index (χ3n) is 5.61. The molecule has 3 aromatic rings. The van der Waals surface area contributed by atoms with Gasteiger partial charge in [-0.1, -0.05) is 13.0 Å². The van der Waals surface area contributed by atoms with Crippen molar-refractivity contribution in [3.8, 4) is 28.5 Å². The van der Waals surface area contributed by atoms with Crippen molar-refractivity contribution in [2.45, 2.75) is 33.2 Å². The Morgan fingerprint density at radius 3 is 2.61 bits per heavy atom. The van der Waals surface area contributed by atoms with E-state index >= 15 is 0 Å². The summed E-state index contributed by atoms with van der Waals surface area (Å²) in [5.41, 5.74) is 4.74. The van der Waals surface area contributed by atoms with Gasteiger partial charge in [-0.15, -0.1) is 0 Å². The average molecular weight is 486 g/mol. The highest BCUT2D eigenvalue weighted by Crippen LogP contribution is 2.47. The second kappa shape index (κ2) is 7.92. The molecule has 7 nitrogen and oxygen atoms in total. The third-order valence-corrected chi connectivity index (χ3v) is 6.22. The van der Waals surface area contributed by atoms with Gasteiger partial charge in [-0.05, 0) is 71.1 Å². The van der Waals surface area contributed by atoms with Crippen LogP contribution in [0, 0.1) is 13.8 Å². The van der Waals surface area contributed by atoms with Crippen molar-refractivity contribution in [1.82, 2.24) is 15.1 Å². The molecular formula is C23H24BrN3O4. The summed E-state index contributed by atoms with van der Waals surface area (Å²) in [6.45, 7) is 6.36. The van der Waals surface area contributed by atoms with E-state index in [2.05, 4.69) is 26.1 Å². The average Bonchev–Trinajstić information content (AvgIpc) is 3.27. The second-order valence-electron chi connectivity index (χ2n) is 7.79. The summed E-state index contributed by atoms with van der Waals surface area (Å²) in [5.74, 6) is 0.301. The number of H-pyrrole nitrogens is 1. The number of aryl methyl sites for hydroxylation is 2. The number of benzene rings is 2. The Hall–Kier alpha value is -3.00. The lowest BCUT2D eigenvalue weighted by Gasteiger charge is -2.26. The molecule has 1 aliphatic heterocycles. The Bertz CT molecular complexity index is 1190. The number of nitrogens with zero attached hydrogens (tertiary/aromatic N) is 2. The standard InChI is InChI=1S/C23H24BrN3O4/c1-5-6-27-20(13-9-15(24)22(29)16(10-13)31-4)17-18(25-26-19(17)23(27)30)14-8-11(2)7-12(3)21(14)28/h7-10,20,28-29H,5-6H2,1-4H3,(H,25,26). The monoisotopic (exact) mass is 485 g/mol. The van der Waals surface area contributed by atoms with E-state index in [-0.39, 0.29) is 17.4 Å². The number of ether oxygens (including phenoxy) is 1. The molecule has 3 N–H and O–H groups in total. The number of amides is 1. The fraction of sp³-hybridized carbons (Fsp3) is 0.304. The van der Waals surface area contributed by atoms with E-state index in [1.165, 1.54) is 7.11 Å². The van der Waals surface area contributed by atoms with E-state index in [0.29, 0.717) is 39.3 Å². The van der Waals surface area contributed by atoms with Crippen LogP contribution < -0.4 is 4.74 Å². The lowest BCUT2D eigenvalue weighted by molar-refractivity contribution is 0.0743. The molecule has 0 fully saturated rings. The predicted molar refractivity (Wildman–Crippen MR) is 121 cm³/mol. The van der Waals surface area contributed by atoms with Gasteiger partial charge in [0.05, 0.1) is 17.6 Å². The molecule has 1 aliphatic rings. The molecule has 2 heterocycles. The highest BCUT2D eigenvalue weighted by atomic mass is 79.9. The summed E-state index contributed by atoms with van der Waals surface area (Å²) >= 11 is 3.39. The molecular weight excluding hydrogens is 462 g/mol. The van der Waals surface area contributed by atoms with Gasteiger partial charge < -0.3 is 19.8 Å². The van der Waals surface area contributed by atoms with Crippen LogP contribution in [0.15, 0.2) is 28.7 Å². The number of methoxy groups -OCH3 is 1. The molecule has 8 heteroatoms. The van der Waals surface area contributed by atoms with Gasteiger partial charge in [-0.25, -0.2) is 0 Å². The molecule has 1 atom stereocenters. The number of aromatic amines is 1. The Balaban J connectivity index is 1.97. The number of carbonyl (C=O) groups is 1. The highest BCUT2D eigenvalue weighted by Gasteiger charge is 2.42. The number of aromatic nitrogens is 2. The van der Waals surface area contributed by atoms with Crippen LogP contribution in [0.5, 0.6) is 17.2 Å². The van der Waals surface area contributed by atoms with Crippen molar-refractivity contribution in [2.24, 2.45) is 0 Å². The molecule has 2 aromatic carbocycles. The number of rotatable bonds is 5. The third kappa shape index (κ3) is 3.35. The van der Waals surface area contributed by atoms with Crippen LogP contribution in [0.1, 0.15) is 52.1 Å². The van der Waals surface area contributed by atoms with E-state index < -0.39 is 6.04 Å².